The molecule has 2 rings (SSSR count). The van der Waals surface area contributed by atoms with Gasteiger partial charge < -0.3 is 10.1 Å². The van der Waals surface area contributed by atoms with Crippen LogP contribution in [0.5, 0.6) is 5.88 Å². The second-order valence-corrected chi connectivity index (χ2v) is 4.84. The number of nitrogens with one attached hydrogen (secondary N) is 1. The Morgan fingerprint density at radius 3 is 2.79 bits per heavy atom. The second-order valence-electron chi connectivity index (χ2n) is 4.84. The molecule has 0 amide bonds. The summed E-state index contributed by atoms with van der Waals surface area (Å²) in [5.41, 5.74) is -0.0743. The maximum absolute atomic E-state index is 10.9. The third-order valence-electron chi connectivity index (χ3n) is 3.47. The lowest BCUT2D eigenvalue weighted by Gasteiger charge is -2.21. The number of ether oxygens (including phenoxy) is 1. The van der Waals surface area contributed by atoms with Crippen molar-refractivity contribution in [3.05, 3.63) is 22.2 Å². The highest BCUT2D eigenvalue weighted by atomic mass is 16.6. The highest BCUT2D eigenvalue weighted by molar-refractivity contribution is 5.48. The van der Waals surface area contributed by atoms with E-state index in [0.717, 1.165) is 12.8 Å². The molecule has 1 N–H and O–H groups in total. The van der Waals surface area contributed by atoms with Crippen LogP contribution in [0.3, 0.4) is 0 Å². The van der Waals surface area contributed by atoms with Gasteiger partial charge in [-0.25, -0.2) is 0 Å². The van der Waals surface area contributed by atoms with Gasteiger partial charge in [-0.1, -0.05) is 19.3 Å². The van der Waals surface area contributed by atoms with E-state index in [1.165, 1.54) is 25.3 Å². The number of rotatable bonds is 5. The van der Waals surface area contributed by atoms with E-state index in [1.807, 2.05) is 0 Å². The Bertz CT molecular complexity index is 445. The van der Waals surface area contributed by atoms with Gasteiger partial charge in [0, 0.05) is 13.1 Å². The van der Waals surface area contributed by atoms with Crippen molar-refractivity contribution in [3.8, 4) is 5.88 Å². The van der Waals surface area contributed by atoms with E-state index in [-0.39, 0.29) is 11.6 Å². The Labute approximate surface area is 112 Å². The van der Waals surface area contributed by atoms with Crippen LogP contribution < -0.4 is 10.1 Å². The van der Waals surface area contributed by atoms with Crippen LogP contribution in [0.2, 0.25) is 0 Å². The minimum atomic E-state index is -0.456. The maximum Gasteiger partial charge on any atom is 0.331 e. The van der Waals surface area contributed by atoms with Crippen molar-refractivity contribution in [1.29, 1.82) is 0 Å². The normalized spacial score (nSPS) is 16.1. The number of hydrogen-bond donors (Lipinski definition) is 1. The molecule has 1 aromatic rings. The molecular formula is C13H19N3O3. The Hall–Kier alpha value is -1.85. The summed E-state index contributed by atoms with van der Waals surface area (Å²) in [5.74, 6) is 1.18. The number of pyridine rings is 1. The van der Waals surface area contributed by atoms with Crippen LogP contribution in [-0.4, -0.2) is 23.6 Å². The lowest BCUT2D eigenvalue weighted by Crippen LogP contribution is -2.16. The lowest BCUT2D eigenvalue weighted by atomic mass is 9.90. The first-order valence-corrected chi connectivity index (χ1v) is 6.66. The molecule has 6 nitrogen and oxygen atoms in total. The molecule has 1 heterocycles. The van der Waals surface area contributed by atoms with Crippen molar-refractivity contribution >= 4 is 11.5 Å². The van der Waals surface area contributed by atoms with Crippen molar-refractivity contribution in [2.45, 2.75) is 32.1 Å². The van der Waals surface area contributed by atoms with Gasteiger partial charge in [0.1, 0.15) is 5.82 Å². The first-order chi connectivity index (χ1) is 9.20. The van der Waals surface area contributed by atoms with E-state index in [4.69, 9.17) is 4.74 Å². The third-order valence-corrected chi connectivity index (χ3v) is 3.47. The van der Waals surface area contributed by atoms with Gasteiger partial charge in [0.2, 0.25) is 0 Å². The summed E-state index contributed by atoms with van der Waals surface area (Å²) in [6.45, 7) is 0.515. The molecule has 0 radical (unpaired) electrons. The molecule has 0 spiro atoms. The van der Waals surface area contributed by atoms with Crippen molar-refractivity contribution in [3.63, 3.8) is 0 Å². The zero-order valence-electron chi connectivity index (χ0n) is 11.1. The second kappa shape index (κ2) is 6.36. The first kappa shape index (κ1) is 13.6. The molecule has 0 bridgehead atoms. The van der Waals surface area contributed by atoms with E-state index in [0.29, 0.717) is 18.3 Å². The van der Waals surface area contributed by atoms with Crippen molar-refractivity contribution in [2.24, 2.45) is 5.92 Å². The van der Waals surface area contributed by atoms with Gasteiger partial charge in [0.15, 0.2) is 0 Å². The summed E-state index contributed by atoms with van der Waals surface area (Å²) in [6.07, 6.45) is 6.00. The Kier molecular flexibility index (Phi) is 4.54. The highest BCUT2D eigenvalue weighted by Crippen LogP contribution is 2.29. The number of anilines is 1. The molecule has 1 saturated carbocycles. The van der Waals surface area contributed by atoms with E-state index in [9.17, 15) is 10.1 Å². The molecule has 0 aliphatic heterocycles. The molecule has 0 unspecified atom stereocenters. The van der Waals surface area contributed by atoms with Gasteiger partial charge >= 0.3 is 5.69 Å². The molecular weight excluding hydrogens is 246 g/mol. The Morgan fingerprint density at radius 1 is 1.42 bits per heavy atom. The van der Waals surface area contributed by atoms with Gasteiger partial charge in [-0.3, -0.25) is 10.1 Å². The number of aromatic nitrogens is 1. The largest absolute Gasteiger partial charge is 0.472 e. The fourth-order valence-electron chi connectivity index (χ4n) is 2.37. The van der Waals surface area contributed by atoms with E-state index in [2.05, 4.69) is 10.3 Å². The average molecular weight is 265 g/mol. The van der Waals surface area contributed by atoms with Crippen LogP contribution >= 0.6 is 0 Å². The van der Waals surface area contributed by atoms with Crippen LogP contribution in [0.15, 0.2) is 12.1 Å². The molecule has 104 valence electrons. The van der Waals surface area contributed by atoms with E-state index < -0.39 is 4.92 Å². The molecule has 1 aromatic heterocycles. The quantitative estimate of drug-likeness (QED) is 0.654. The molecule has 0 aromatic carbocycles. The van der Waals surface area contributed by atoms with Gasteiger partial charge in [-0.2, -0.15) is 4.98 Å². The fourth-order valence-corrected chi connectivity index (χ4v) is 2.37. The SMILES string of the molecule is CNc1ccc([N+](=O)[O-])c(OCC2CCCCC2)n1. The zero-order chi connectivity index (χ0) is 13.7. The van der Waals surface area contributed by atoms with Crippen molar-refractivity contribution < 1.29 is 9.66 Å². The van der Waals surface area contributed by atoms with Gasteiger partial charge in [0.25, 0.3) is 5.88 Å². The number of nitrogens with zero attached hydrogens (tertiary/aromatic N) is 2. The van der Waals surface area contributed by atoms with E-state index >= 15 is 0 Å². The zero-order valence-corrected chi connectivity index (χ0v) is 11.1. The predicted molar refractivity (Wildman–Crippen MR) is 72.5 cm³/mol. The molecule has 1 aliphatic carbocycles. The van der Waals surface area contributed by atoms with Crippen LogP contribution in [-0.2, 0) is 0 Å². The lowest BCUT2D eigenvalue weighted by molar-refractivity contribution is -0.386. The highest BCUT2D eigenvalue weighted by Gasteiger charge is 2.20. The Balaban J connectivity index is 2.06. The summed E-state index contributed by atoms with van der Waals surface area (Å²) in [4.78, 5) is 14.6. The first-order valence-electron chi connectivity index (χ1n) is 6.66. The molecule has 19 heavy (non-hydrogen) atoms. The van der Waals surface area contributed by atoms with Crippen LogP contribution in [0.1, 0.15) is 32.1 Å². The number of hydrogen-bond acceptors (Lipinski definition) is 5. The standard InChI is InChI=1S/C13H19N3O3/c1-14-12-8-7-11(16(17)18)13(15-12)19-9-10-5-3-2-4-6-10/h7-8,10H,2-6,9H2,1H3,(H,14,15). The Morgan fingerprint density at radius 2 is 2.16 bits per heavy atom. The van der Waals surface area contributed by atoms with Crippen molar-refractivity contribution in [2.75, 3.05) is 19.0 Å². The van der Waals surface area contributed by atoms with Gasteiger partial charge in [-0.05, 0) is 24.8 Å². The summed E-state index contributed by atoms with van der Waals surface area (Å²) < 4.78 is 5.59. The van der Waals surface area contributed by atoms with Crippen LogP contribution in [0, 0.1) is 16.0 Å². The monoisotopic (exact) mass is 265 g/mol. The smallest absolute Gasteiger partial charge is 0.331 e. The van der Waals surface area contributed by atoms with E-state index in [1.54, 1.807) is 13.1 Å². The molecule has 0 saturated heterocycles. The molecule has 1 aliphatic rings. The average Bonchev–Trinajstić information content (AvgIpc) is 2.45. The predicted octanol–water partition coefficient (Wildman–Crippen LogP) is 2.99. The summed E-state index contributed by atoms with van der Waals surface area (Å²) >= 11 is 0. The number of nitro groups is 1. The van der Waals surface area contributed by atoms with Crippen LogP contribution in [0.4, 0.5) is 11.5 Å². The minimum Gasteiger partial charge on any atom is -0.472 e. The van der Waals surface area contributed by atoms with Crippen molar-refractivity contribution in [1.82, 2.24) is 4.98 Å². The molecule has 1 fully saturated rings. The summed E-state index contributed by atoms with van der Waals surface area (Å²) in [7, 11) is 1.72. The molecule has 0 atom stereocenters. The third kappa shape index (κ3) is 3.56. The summed E-state index contributed by atoms with van der Waals surface area (Å²) in [5, 5.41) is 13.8. The molecule has 6 heteroatoms. The topological polar surface area (TPSA) is 77.3 Å². The van der Waals surface area contributed by atoms with Crippen LogP contribution in [0.25, 0.3) is 0 Å². The maximum atomic E-state index is 10.9. The van der Waals surface area contributed by atoms with Gasteiger partial charge in [-0.15, -0.1) is 0 Å². The summed E-state index contributed by atoms with van der Waals surface area (Å²) in [6, 6.07) is 3.00. The van der Waals surface area contributed by atoms with Gasteiger partial charge in [0.05, 0.1) is 11.5 Å². The minimum absolute atomic E-state index is 0.0743. The fraction of sp³-hybridized carbons (Fsp3) is 0.615.